The third kappa shape index (κ3) is 5.33. The van der Waals surface area contributed by atoms with Crippen molar-refractivity contribution in [3.05, 3.63) is 59.7 Å². The Hall–Kier alpha value is -2.57. The minimum atomic E-state index is 0.115. The van der Waals surface area contributed by atoms with Gasteiger partial charge in [0.2, 0.25) is 0 Å². The standard InChI is InChI=1S/C27H36N4O2/c32-27(31-18-20-33-21-19-31)23-7-9-25(10-8-23)29-15-11-24(12-16-29)28-13-17-30-14-3-5-22-4-1-2-6-26(22)30/h1-2,4,6-10,24,28H,3,5,11-21H2. The van der Waals surface area contributed by atoms with Gasteiger partial charge < -0.3 is 24.8 Å². The summed E-state index contributed by atoms with van der Waals surface area (Å²) in [6, 6.07) is 17.6. The lowest BCUT2D eigenvalue weighted by Crippen LogP contribution is -2.45. The van der Waals surface area contributed by atoms with Crippen LogP contribution in [0.1, 0.15) is 35.2 Å². The summed E-state index contributed by atoms with van der Waals surface area (Å²) in [5, 5.41) is 3.80. The Morgan fingerprint density at radius 2 is 1.70 bits per heavy atom. The fraction of sp³-hybridized carbons (Fsp3) is 0.519. The van der Waals surface area contributed by atoms with E-state index >= 15 is 0 Å². The lowest BCUT2D eigenvalue weighted by Gasteiger charge is -2.35. The van der Waals surface area contributed by atoms with Crippen LogP contribution in [0, 0.1) is 0 Å². The number of hydrogen-bond acceptors (Lipinski definition) is 5. The Kier molecular flexibility index (Phi) is 7.12. The van der Waals surface area contributed by atoms with E-state index in [2.05, 4.69) is 51.5 Å². The molecule has 3 aliphatic heterocycles. The quantitative estimate of drug-likeness (QED) is 0.736. The zero-order chi connectivity index (χ0) is 22.5. The van der Waals surface area contributed by atoms with Crippen LogP contribution in [0.25, 0.3) is 0 Å². The summed E-state index contributed by atoms with van der Waals surface area (Å²) >= 11 is 0. The molecule has 33 heavy (non-hydrogen) atoms. The topological polar surface area (TPSA) is 48.1 Å². The molecule has 0 bridgehead atoms. The van der Waals surface area contributed by atoms with Crippen LogP contribution < -0.4 is 15.1 Å². The van der Waals surface area contributed by atoms with Crippen molar-refractivity contribution in [3.8, 4) is 0 Å². The molecule has 0 aliphatic carbocycles. The number of piperidine rings is 1. The van der Waals surface area contributed by atoms with Crippen molar-refractivity contribution in [2.75, 3.05) is 68.8 Å². The molecule has 3 aliphatic rings. The Labute approximate surface area is 197 Å². The third-order valence-electron chi connectivity index (χ3n) is 7.29. The van der Waals surface area contributed by atoms with Crippen LogP contribution in [0.4, 0.5) is 11.4 Å². The molecule has 2 fully saturated rings. The summed E-state index contributed by atoms with van der Waals surface area (Å²) in [7, 11) is 0. The summed E-state index contributed by atoms with van der Waals surface area (Å²) in [6.07, 6.45) is 4.78. The number of hydrogen-bond donors (Lipinski definition) is 1. The first-order valence-corrected chi connectivity index (χ1v) is 12.6. The van der Waals surface area contributed by atoms with E-state index in [0.29, 0.717) is 32.3 Å². The molecule has 0 saturated carbocycles. The van der Waals surface area contributed by atoms with Gasteiger partial charge in [-0.1, -0.05) is 18.2 Å². The SMILES string of the molecule is O=C(c1ccc(N2CCC(NCCN3CCCc4ccccc43)CC2)cc1)N1CCOCC1. The van der Waals surface area contributed by atoms with Gasteiger partial charge >= 0.3 is 0 Å². The molecule has 0 atom stereocenters. The molecule has 2 aromatic rings. The molecule has 5 rings (SSSR count). The second-order valence-electron chi connectivity index (χ2n) is 9.39. The van der Waals surface area contributed by atoms with Gasteiger partial charge in [-0.3, -0.25) is 4.79 Å². The van der Waals surface area contributed by atoms with E-state index in [4.69, 9.17) is 4.74 Å². The number of ether oxygens (including phenoxy) is 1. The van der Waals surface area contributed by atoms with Gasteiger partial charge in [0.05, 0.1) is 13.2 Å². The van der Waals surface area contributed by atoms with Crippen molar-refractivity contribution in [1.82, 2.24) is 10.2 Å². The highest BCUT2D eigenvalue weighted by Gasteiger charge is 2.22. The van der Waals surface area contributed by atoms with Gasteiger partial charge in [0.1, 0.15) is 0 Å². The Morgan fingerprint density at radius 1 is 0.939 bits per heavy atom. The highest BCUT2D eigenvalue weighted by molar-refractivity contribution is 5.94. The minimum absolute atomic E-state index is 0.115. The van der Waals surface area contributed by atoms with Gasteiger partial charge in [-0.25, -0.2) is 0 Å². The predicted octanol–water partition coefficient (Wildman–Crippen LogP) is 3.17. The average molecular weight is 449 g/mol. The monoisotopic (exact) mass is 448 g/mol. The number of carbonyl (C=O) groups is 1. The maximum Gasteiger partial charge on any atom is 0.254 e. The summed E-state index contributed by atoms with van der Waals surface area (Å²) in [5.74, 6) is 0.115. The van der Waals surface area contributed by atoms with Crippen molar-refractivity contribution in [1.29, 1.82) is 0 Å². The summed E-state index contributed by atoms with van der Waals surface area (Å²) < 4.78 is 5.35. The second kappa shape index (κ2) is 10.6. The van der Waals surface area contributed by atoms with Crippen molar-refractivity contribution < 1.29 is 9.53 Å². The van der Waals surface area contributed by atoms with Crippen molar-refractivity contribution in [2.24, 2.45) is 0 Å². The number of fused-ring (bicyclic) bond motifs is 1. The van der Waals surface area contributed by atoms with Crippen LogP contribution in [0.15, 0.2) is 48.5 Å². The summed E-state index contributed by atoms with van der Waals surface area (Å²) in [4.78, 5) is 19.5. The number of carbonyl (C=O) groups excluding carboxylic acids is 1. The molecule has 176 valence electrons. The largest absolute Gasteiger partial charge is 0.378 e. The number of nitrogens with one attached hydrogen (secondary N) is 1. The number of benzene rings is 2. The molecule has 2 saturated heterocycles. The van der Waals surface area contributed by atoms with Gasteiger partial charge in [-0.2, -0.15) is 0 Å². The molecule has 1 N–H and O–H groups in total. The van der Waals surface area contributed by atoms with E-state index in [9.17, 15) is 4.79 Å². The molecule has 0 unspecified atom stereocenters. The van der Waals surface area contributed by atoms with E-state index in [1.807, 2.05) is 17.0 Å². The number of aryl methyl sites for hydroxylation is 1. The lowest BCUT2D eigenvalue weighted by molar-refractivity contribution is 0.0303. The third-order valence-corrected chi connectivity index (χ3v) is 7.29. The van der Waals surface area contributed by atoms with Crippen LogP contribution in [-0.4, -0.2) is 75.9 Å². The van der Waals surface area contributed by atoms with E-state index in [1.165, 1.54) is 36.3 Å². The van der Waals surface area contributed by atoms with Crippen LogP contribution in [0.2, 0.25) is 0 Å². The van der Waals surface area contributed by atoms with E-state index in [-0.39, 0.29) is 5.91 Å². The van der Waals surface area contributed by atoms with E-state index in [1.54, 1.807) is 0 Å². The predicted molar refractivity (Wildman–Crippen MR) is 133 cm³/mol. The van der Waals surface area contributed by atoms with Gasteiger partial charge in [0, 0.05) is 68.8 Å². The van der Waals surface area contributed by atoms with Gasteiger partial charge in [0.15, 0.2) is 0 Å². The zero-order valence-corrected chi connectivity index (χ0v) is 19.5. The van der Waals surface area contributed by atoms with Crippen molar-refractivity contribution >= 4 is 17.3 Å². The smallest absolute Gasteiger partial charge is 0.254 e. The first kappa shape index (κ1) is 22.2. The van der Waals surface area contributed by atoms with Crippen LogP contribution in [0.3, 0.4) is 0 Å². The first-order valence-electron chi connectivity index (χ1n) is 12.6. The van der Waals surface area contributed by atoms with Crippen LogP contribution in [-0.2, 0) is 11.2 Å². The summed E-state index contributed by atoms with van der Waals surface area (Å²) in [5.41, 5.74) is 4.92. The fourth-order valence-corrected chi connectivity index (χ4v) is 5.35. The molecule has 1 amide bonds. The molecular weight excluding hydrogens is 412 g/mol. The number of morpholine rings is 1. The Balaban J connectivity index is 1.07. The molecule has 6 nitrogen and oxygen atoms in total. The number of nitrogens with zero attached hydrogens (tertiary/aromatic N) is 3. The highest BCUT2D eigenvalue weighted by atomic mass is 16.5. The number of rotatable bonds is 6. The van der Waals surface area contributed by atoms with Gasteiger partial charge in [0.25, 0.3) is 5.91 Å². The lowest BCUT2D eigenvalue weighted by atomic mass is 10.0. The summed E-state index contributed by atoms with van der Waals surface area (Å²) in [6.45, 7) is 8.04. The maximum absolute atomic E-state index is 12.7. The van der Waals surface area contributed by atoms with E-state index in [0.717, 1.165) is 44.6 Å². The normalized spacial score (nSPS) is 19.5. The van der Waals surface area contributed by atoms with Crippen molar-refractivity contribution in [3.63, 3.8) is 0 Å². The molecule has 0 radical (unpaired) electrons. The van der Waals surface area contributed by atoms with Crippen molar-refractivity contribution in [2.45, 2.75) is 31.7 Å². The molecule has 6 heteroatoms. The molecule has 0 aromatic heterocycles. The molecule has 2 aromatic carbocycles. The van der Waals surface area contributed by atoms with Gasteiger partial charge in [-0.05, 0) is 61.6 Å². The minimum Gasteiger partial charge on any atom is -0.378 e. The zero-order valence-electron chi connectivity index (χ0n) is 19.5. The first-order chi connectivity index (χ1) is 16.3. The van der Waals surface area contributed by atoms with Crippen LogP contribution >= 0.6 is 0 Å². The maximum atomic E-state index is 12.7. The number of anilines is 2. The highest BCUT2D eigenvalue weighted by Crippen LogP contribution is 2.26. The molecule has 3 heterocycles. The Morgan fingerprint density at radius 3 is 2.48 bits per heavy atom. The fourth-order valence-electron chi connectivity index (χ4n) is 5.35. The van der Waals surface area contributed by atoms with Crippen LogP contribution in [0.5, 0.6) is 0 Å². The Bertz CT molecular complexity index is 918. The van der Waals surface area contributed by atoms with E-state index < -0.39 is 0 Å². The molecular formula is C27H36N4O2. The van der Waals surface area contributed by atoms with Gasteiger partial charge in [-0.15, -0.1) is 0 Å². The molecule has 0 spiro atoms. The number of amides is 1. The average Bonchev–Trinajstić information content (AvgIpc) is 2.89. The second-order valence-corrected chi connectivity index (χ2v) is 9.39. The number of para-hydroxylation sites is 1.